The van der Waals surface area contributed by atoms with E-state index in [1.54, 1.807) is 51.1 Å². The van der Waals surface area contributed by atoms with Gasteiger partial charge in [-0.2, -0.15) is 0 Å². The molecule has 156 valence electrons. The first kappa shape index (κ1) is 22.6. The number of nitro groups is 1. The van der Waals surface area contributed by atoms with E-state index in [1.165, 1.54) is 11.8 Å². The molecule has 0 aliphatic rings. The van der Waals surface area contributed by atoms with Gasteiger partial charge in [0.2, 0.25) is 0 Å². The predicted octanol–water partition coefficient (Wildman–Crippen LogP) is 4.82. The molecule has 1 amide bonds. The molecule has 1 aromatic carbocycles. The van der Waals surface area contributed by atoms with Crippen molar-refractivity contribution in [3.63, 3.8) is 0 Å². The number of carbonyl (C=O) groups is 1. The largest absolute Gasteiger partial charge is 0.444 e. The van der Waals surface area contributed by atoms with Gasteiger partial charge in [-0.25, -0.2) is 9.78 Å². The van der Waals surface area contributed by atoms with Crippen LogP contribution < -0.4 is 5.32 Å². The molecule has 9 heteroatoms. The Labute approximate surface area is 174 Å². The van der Waals surface area contributed by atoms with Gasteiger partial charge in [0.1, 0.15) is 11.4 Å². The molecule has 2 aromatic rings. The lowest BCUT2D eigenvalue weighted by molar-refractivity contribution is -0.387. The molecule has 1 heterocycles. The second kappa shape index (κ2) is 10.2. The monoisotopic (exact) mass is 419 g/mol. The van der Waals surface area contributed by atoms with Crippen LogP contribution in [0.15, 0.2) is 41.3 Å². The summed E-state index contributed by atoms with van der Waals surface area (Å²) in [6.45, 7) is 6.00. The van der Waals surface area contributed by atoms with Crippen molar-refractivity contribution in [2.24, 2.45) is 0 Å². The van der Waals surface area contributed by atoms with E-state index in [0.29, 0.717) is 29.4 Å². The minimum absolute atomic E-state index is 0.109. The number of thioether (sulfide) groups is 1. The molecule has 0 aliphatic heterocycles. The van der Waals surface area contributed by atoms with E-state index in [2.05, 4.69) is 10.3 Å². The van der Waals surface area contributed by atoms with Crippen LogP contribution in [0.3, 0.4) is 0 Å². The third kappa shape index (κ3) is 7.71. The molecular weight excluding hydrogens is 394 g/mol. The summed E-state index contributed by atoms with van der Waals surface area (Å²) in [6, 6.07) is 10.4. The van der Waals surface area contributed by atoms with Crippen molar-refractivity contribution in [3.05, 3.63) is 57.8 Å². The predicted molar refractivity (Wildman–Crippen MR) is 112 cm³/mol. The van der Waals surface area contributed by atoms with Crippen LogP contribution in [0.1, 0.15) is 32.0 Å². The summed E-state index contributed by atoms with van der Waals surface area (Å²) in [7, 11) is 0. The lowest BCUT2D eigenvalue weighted by Crippen LogP contribution is -2.27. The highest BCUT2D eigenvalue weighted by molar-refractivity contribution is 7.98. The van der Waals surface area contributed by atoms with Gasteiger partial charge in [0.05, 0.1) is 28.7 Å². The van der Waals surface area contributed by atoms with Crippen molar-refractivity contribution in [2.45, 2.75) is 44.3 Å². The van der Waals surface area contributed by atoms with Gasteiger partial charge in [0.25, 0.3) is 5.69 Å². The summed E-state index contributed by atoms with van der Waals surface area (Å²) in [5.41, 5.74) is 1.01. The average Bonchev–Trinajstić information content (AvgIpc) is 2.63. The number of ether oxygens (including phenoxy) is 2. The zero-order valence-electron chi connectivity index (χ0n) is 16.9. The number of nitro benzene ring substituents is 1. The van der Waals surface area contributed by atoms with E-state index in [4.69, 9.17) is 9.47 Å². The maximum atomic E-state index is 11.8. The van der Waals surface area contributed by atoms with Gasteiger partial charge >= 0.3 is 6.09 Å². The summed E-state index contributed by atoms with van der Waals surface area (Å²) in [4.78, 5) is 27.6. The van der Waals surface area contributed by atoms with Crippen LogP contribution in [0, 0.1) is 10.1 Å². The zero-order chi connectivity index (χ0) is 21.4. The number of pyridine rings is 1. The number of anilines is 1. The molecule has 0 aliphatic carbocycles. The normalized spacial score (nSPS) is 11.2. The smallest absolute Gasteiger partial charge is 0.413 e. The van der Waals surface area contributed by atoms with Crippen molar-refractivity contribution >= 4 is 29.4 Å². The highest BCUT2D eigenvalue weighted by Crippen LogP contribution is 2.28. The first-order valence-corrected chi connectivity index (χ1v) is 10.3. The van der Waals surface area contributed by atoms with E-state index < -0.39 is 11.7 Å². The van der Waals surface area contributed by atoms with E-state index in [1.807, 2.05) is 12.3 Å². The molecule has 0 spiro atoms. The fourth-order valence-corrected chi connectivity index (χ4v) is 2.98. The second-order valence-corrected chi connectivity index (χ2v) is 8.06. The highest BCUT2D eigenvalue weighted by Gasteiger charge is 2.17. The number of benzene rings is 1. The molecule has 0 saturated carbocycles. The van der Waals surface area contributed by atoms with Gasteiger partial charge in [0.15, 0.2) is 0 Å². The molecule has 0 unspecified atom stereocenters. The van der Waals surface area contributed by atoms with Gasteiger partial charge in [-0.3, -0.25) is 15.4 Å². The molecule has 0 atom stereocenters. The van der Waals surface area contributed by atoms with Gasteiger partial charge in [-0.05, 0) is 57.2 Å². The quantitative estimate of drug-likeness (QED) is 0.283. The van der Waals surface area contributed by atoms with Gasteiger partial charge < -0.3 is 9.47 Å². The SMILES string of the molecule is CSc1ccc(CCOCc2cccc(NC(=O)OC(C)(C)C)n2)cc1[N+](=O)[O-]. The van der Waals surface area contributed by atoms with Gasteiger partial charge in [-0.15, -0.1) is 11.8 Å². The van der Waals surface area contributed by atoms with Crippen LogP contribution >= 0.6 is 11.8 Å². The van der Waals surface area contributed by atoms with Crippen LogP contribution in [-0.4, -0.2) is 34.5 Å². The molecule has 1 N–H and O–H groups in total. The molecule has 8 nitrogen and oxygen atoms in total. The van der Waals surface area contributed by atoms with Crippen molar-refractivity contribution in [2.75, 3.05) is 18.2 Å². The molecule has 0 radical (unpaired) electrons. The lowest BCUT2D eigenvalue weighted by Gasteiger charge is -2.19. The number of hydrogen-bond acceptors (Lipinski definition) is 7. The lowest BCUT2D eigenvalue weighted by atomic mass is 10.1. The van der Waals surface area contributed by atoms with E-state index in [0.717, 1.165) is 5.56 Å². The molecule has 0 fully saturated rings. The zero-order valence-corrected chi connectivity index (χ0v) is 17.7. The number of amides is 1. The third-order valence-electron chi connectivity index (χ3n) is 3.66. The maximum absolute atomic E-state index is 11.8. The number of nitrogens with zero attached hydrogens (tertiary/aromatic N) is 2. The standard InChI is InChI=1S/C20H25N3O5S/c1-20(2,3)28-19(24)22-18-7-5-6-15(21-18)13-27-11-10-14-8-9-17(29-4)16(12-14)23(25)26/h5-9,12H,10-11,13H2,1-4H3,(H,21,22,24). The van der Waals surface area contributed by atoms with Crippen molar-refractivity contribution in [1.82, 2.24) is 4.98 Å². The molecular formula is C20H25N3O5S. The number of aromatic nitrogens is 1. The number of hydrogen-bond donors (Lipinski definition) is 1. The van der Waals surface area contributed by atoms with E-state index >= 15 is 0 Å². The fourth-order valence-electron chi connectivity index (χ4n) is 2.44. The van der Waals surface area contributed by atoms with Crippen LogP contribution in [0.5, 0.6) is 0 Å². The molecule has 0 saturated heterocycles. The van der Waals surface area contributed by atoms with Crippen molar-refractivity contribution in [1.29, 1.82) is 0 Å². The summed E-state index contributed by atoms with van der Waals surface area (Å²) in [5, 5.41) is 13.7. The fraction of sp³-hybridized carbons (Fsp3) is 0.400. The molecule has 1 aromatic heterocycles. The van der Waals surface area contributed by atoms with Crippen LogP contribution in [-0.2, 0) is 22.5 Å². The summed E-state index contributed by atoms with van der Waals surface area (Å²) >= 11 is 1.35. The van der Waals surface area contributed by atoms with Gasteiger partial charge in [-0.1, -0.05) is 12.1 Å². The first-order chi connectivity index (χ1) is 13.7. The van der Waals surface area contributed by atoms with E-state index in [-0.39, 0.29) is 17.2 Å². The van der Waals surface area contributed by atoms with Crippen LogP contribution in [0.25, 0.3) is 0 Å². The summed E-state index contributed by atoms with van der Waals surface area (Å²) in [5.74, 6) is 0.378. The Balaban J connectivity index is 1.86. The number of rotatable bonds is 8. The van der Waals surface area contributed by atoms with E-state index in [9.17, 15) is 14.9 Å². The third-order valence-corrected chi connectivity index (χ3v) is 4.45. The summed E-state index contributed by atoms with van der Waals surface area (Å²) < 4.78 is 10.8. The van der Waals surface area contributed by atoms with Gasteiger partial charge in [0, 0.05) is 6.07 Å². The Bertz CT molecular complexity index is 867. The van der Waals surface area contributed by atoms with Crippen molar-refractivity contribution in [3.8, 4) is 0 Å². The Hall–Kier alpha value is -2.65. The maximum Gasteiger partial charge on any atom is 0.413 e. The van der Waals surface area contributed by atoms with Crippen LogP contribution in [0.2, 0.25) is 0 Å². The highest BCUT2D eigenvalue weighted by atomic mass is 32.2. The minimum atomic E-state index is -0.589. The number of carbonyl (C=O) groups excluding carboxylic acids is 1. The molecule has 0 bridgehead atoms. The topological polar surface area (TPSA) is 104 Å². The summed E-state index contributed by atoms with van der Waals surface area (Å²) in [6.07, 6.45) is 1.79. The Kier molecular flexibility index (Phi) is 7.98. The van der Waals surface area contributed by atoms with Crippen LogP contribution in [0.4, 0.5) is 16.3 Å². The average molecular weight is 420 g/mol. The number of nitrogens with one attached hydrogen (secondary N) is 1. The Morgan fingerprint density at radius 3 is 2.69 bits per heavy atom. The van der Waals surface area contributed by atoms with Crippen molar-refractivity contribution < 1.29 is 19.2 Å². The molecule has 2 rings (SSSR count). The first-order valence-electron chi connectivity index (χ1n) is 9.03. The minimum Gasteiger partial charge on any atom is -0.444 e. The molecule has 29 heavy (non-hydrogen) atoms. The Morgan fingerprint density at radius 2 is 2.03 bits per heavy atom. The Morgan fingerprint density at radius 1 is 1.28 bits per heavy atom. The second-order valence-electron chi connectivity index (χ2n) is 7.21.